The molecule has 0 aliphatic heterocycles. The summed E-state index contributed by atoms with van der Waals surface area (Å²) in [6.45, 7) is 9.27. The van der Waals surface area contributed by atoms with Gasteiger partial charge in [-0.15, -0.1) is 0 Å². The van der Waals surface area contributed by atoms with Crippen molar-refractivity contribution >= 4 is 0 Å². The number of aryl methyl sites for hydroxylation is 1. The highest BCUT2D eigenvalue weighted by Crippen LogP contribution is 2.30. The topological polar surface area (TPSA) is 30.9 Å². The number of nitrogens with two attached hydrogens (primary N) is 1. The zero-order valence-electron chi connectivity index (χ0n) is 12.0. The smallest absolute Gasteiger partial charge is 0.0485 e. The van der Waals surface area contributed by atoms with E-state index in [-0.39, 0.29) is 0 Å². The normalized spacial score (nSPS) is 11.0. The Bertz CT molecular complexity index is 592. The van der Waals surface area contributed by atoms with Crippen molar-refractivity contribution in [2.75, 3.05) is 0 Å². The van der Waals surface area contributed by atoms with Crippen LogP contribution < -0.4 is 5.73 Å². The third-order valence-electron chi connectivity index (χ3n) is 4.19. The fraction of sp³-hybridized carbons (Fsp3) is 0.375. The highest BCUT2D eigenvalue weighted by Gasteiger charge is 2.12. The molecule has 1 aromatic carbocycles. The minimum atomic E-state index is 0.601. The summed E-state index contributed by atoms with van der Waals surface area (Å²) in [6.07, 6.45) is 0. The van der Waals surface area contributed by atoms with Gasteiger partial charge in [0, 0.05) is 30.5 Å². The largest absolute Gasteiger partial charge is 0.348 e. The van der Waals surface area contributed by atoms with E-state index >= 15 is 0 Å². The summed E-state index contributed by atoms with van der Waals surface area (Å²) >= 11 is 0. The number of nitrogens with zero attached hydrogens (tertiary/aromatic N) is 1. The van der Waals surface area contributed by atoms with Gasteiger partial charge in [0.05, 0.1) is 0 Å². The first-order chi connectivity index (χ1) is 8.47. The van der Waals surface area contributed by atoms with Crippen LogP contribution in [0.5, 0.6) is 0 Å². The van der Waals surface area contributed by atoms with Gasteiger partial charge in [-0.25, -0.2) is 0 Å². The summed E-state index contributed by atoms with van der Waals surface area (Å²) < 4.78 is 2.24. The van der Waals surface area contributed by atoms with E-state index in [0.717, 1.165) is 0 Å². The molecule has 0 unspecified atom stereocenters. The standard InChI is InChI=1S/C16H22N2/c1-10-6-7-15(12(3)11(10)2)16-8-14(9-17)13(4)18(16)5/h6-8H,9,17H2,1-5H3. The van der Waals surface area contributed by atoms with E-state index in [4.69, 9.17) is 5.73 Å². The van der Waals surface area contributed by atoms with Gasteiger partial charge in [-0.3, -0.25) is 0 Å². The molecule has 0 fully saturated rings. The van der Waals surface area contributed by atoms with E-state index in [1.54, 1.807) is 0 Å². The maximum atomic E-state index is 5.79. The maximum Gasteiger partial charge on any atom is 0.0485 e. The maximum absolute atomic E-state index is 5.79. The Kier molecular flexibility index (Phi) is 3.31. The van der Waals surface area contributed by atoms with Crippen LogP contribution in [0.4, 0.5) is 0 Å². The molecule has 96 valence electrons. The molecule has 0 radical (unpaired) electrons. The molecule has 1 heterocycles. The molecule has 0 aliphatic rings. The van der Waals surface area contributed by atoms with Crippen LogP contribution in [0.3, 0.4) is 0 Å². The van der Waals surface area contributed by atoms with Gasteiger partial charge in [0.15, 0.2) is 0 Å². The van der Waals surface area contributed by atoms with Crippen LogP contribution >= 0.6 is 0 Å². The molecule has 0 bridgehead atoms. The Morgan fingerprint density at radius 3 is 2.28 bits per heavy atom. The van der Waals surface area contributed by atoms with Crippen molar-refractivity contribution in [3.8, 4) is 11.3 Å². The molecule has 0 spiro atoms. The molecule has 18 heavy (non-hydrogen) atoms. The predicted octanol–water partition coefficient (Wildman–Crippen LogP) is 3.38. The average Bonchev–Trinajstić information content (AvgIpc) is 2.64. The summed E-state index contributed by atoms with van der Waals surface area (Å²) in [7, 11) is 2.11. The Morgan fingerprint density at radius 2 is 1.72 bits per heavy atom. The van der Waals surface area contributed by atoms with Crippen LogP contribution in [0.15, 0.2) is 18.2 Å². The van der Waals surface area contributed by atoms with Gasteiger partial charge in [-0.05, 0) is 56.0 Å². The van der Waals surface area contributed by atoms with E-state index in [2.05, 4.69) is 57.5 Å². The Morgan fingerprint density at radius 1 is 1.06 bits per heavy atom. The fourth-order valence-corrected chi connectivity index (χ4v) is 2.46. The summed E-state index contributed by atoms with van der Waals surface area (Å²) in [5.41, 5.74) is 14.9. The van der Waals surface area contributed by atoms with Gasteiger partial charge in [0.25, 0.3) is 0 Å². The molecule has 2 N–H and O–H groups in total. The highest BCUT2D eigenvalue weighted by atomic mass is 15.0. The summed E-state index contributed by atoms with van der Waals surface area (Å²) in [5, 5.41) is 0. The SMILES string of the molecule is Cc1ccc(-c2cc(CN)c(C)n2C)c(C)c1C. The van der Waals surface area contributed by atoms with Crippen LogP contribution in [0, 0.1) is 27.7 Å². The fourth-order valence-electron chi connectivity index (χ4n) is 2.46. The molecule has 0 saturated carbocycles. The minimum Gasteiger partial charge on any atom is -0.348 e. The van der Waals surface area contributed by atoms with Crippen LogP contribution in [0.2, 0.25) is 0 Å². The van der Waals surface area contributed by atoms with Crippen LogP contribution in [-0.4, -0.2) is 4.57 Å². The van der Waals surface area contributed by atoms with Gasteiger partial charge in [-0.2, -0.15) is 0 Å². The lowest BCUT2D eigenvalue weighted by Gasteiger charge is -2.12. The van der Waals surface area contributed by atoms with Crippen molar-refractivity contribution in [1.29, 1.82) is 0 Å². The predicted molar refractivity (Wildman–Crippen MR) is 77.7 cm³/mol. The van der Waals surface area contributed by atoms with Gasteiger partial charge >= 0.3 is 0 Å². The third-order valence-corrected chi connectivity index (χ3v) is 4.19. The van der Waals surface area contributed by atoms with E-state index in [0.29, 0.717) is 6.54 Å². The van der Waals surface area contributed by atoms with Gasteiger partial charge in [-0.1, -0.05) is 12.1 Å². The highest BCUT2D eigenvalue weighted by molar-refractivity contribution is 5.68. The molecule has 2 rings (SSSR count). The molecule has 0 saturated heterocycles. The van der Waals surface area contributed by atoms with Crippen LogP contribution in [-0.2, 0) is 13.6 Å². The Hall–Kier alpha value is -1.54. The molecule has 2 nitrogen and oxygen atoms in total. The van der Waals surface area contributed by atoms with E-state index in [9.17, 15) is 0 Å². The molecular formula is C16H22N2. The van der Waals surface area contributed by atoms with Crippen molar-refractivity contribution in [3.63, 3.8) is 0 Å². The molecule has 0 atom stereocenters. The minimum absolute atomic E-state index is 0.601. The molecule has 0 amide bonds. The molecule has 0 aliphatic carbocycles. The molecule has 2 aromatic rings. The summed E-state index contributed by atoms with van der Waals surface area (Å²) in [6, 6.07) is 6.63. The Balaban J connectivity index is 2.66. The van der Waals surface area contributed by atoms with Gasteiger partial charge in [0.2, 0.25) is 0 Å². The van der Waals surface area contributed by atoms with Crippen molar-refractivity contribution in [2.24, 2.45) is 12.8 Å². The van der Waals surface area contributed by atoms with E-state index in [1.165, 1.54) is 39.2 Å². The van der Waals surface area contributed by atoms with Crippen molar-refractivity contribution in [2.45, 2.75) is 34.2 Å². The van der Waals surface area contributed by atoms with E-state index < -0.39 is 0 Å². The summed E-state index contributed by atoms with van der Waals surface area (Å²) in [5.74, 6) is 0. The first-order valence-corrected chi connectivity index (χ1v) is 6.39. The second-order valence-electron chi connectivity index (χ2n) is 5.08. The quantitative estimate of drug-likeness (QED) is 0.860. The zero-order valence-corrected chi connectivity index (χ0v) is 12.0. The number of aromatic nitrogens is 1. The Labute approximate surface area is 109 Å². The lowest BCUT2D eigenvalue weighted by molar-refractivity contribution is 0.872. The zero-order chi connectivity index (χ0) is 13.4. The van der Waals surface area contributed by atoms with Crippen molar-refractivity contribution in [3.05, 3.63) is 46.1 Å². The lowest BCUT2D eigenvalue weighted by atomic mass is 9.97. The van der Waals surface area contributed by atoms with Crippen molar-refractivity contribution in [1.82, 2.24) is 4.57 Å². The lowest BCUT2D eigenvalue weighted by Crippen LogP contribution is -2.00. The number of benzene rings is 1. The molecule has 2 heteroatoms. The van der Waals surface area contributed by atoms with Crippen LogP contribution in [0.1, 0.15) is 27.9 Å². The van der Waals surface area contributed by atoms with Gasteiger partial charge in [0.1, 0.15) is 0 Å². The number of rotatable bonds is 2. The molecule has 1 aromatic heterocycles. The molecular weight excluding hydrogens is 220 g/mol. The second-order valence-corrected chi connectivity index (χ2v) is 5.08. The second kappa shape index (κ2) is 4.62. The summed E-state index contributed by atoms with van der Waals surface area (Å²) in [4.78, 5) is 0. The van der Waals surface area contributed by atoms with E-state index in [1.807, 2.05) is 0 Å². The van der Waals surface area contributed by atoms with Gasteiger partial charge < -0.3 is 10.3 Å². The number of hydrogen-bond donors (Lipinski definition) is 1. The third kappa shape index (κ3) is 1.87. The monoisotopic (exact) mass is 242 g/mol. The van der Waals surface area contributed by atoms with Crippen LogP contribution in [0.25, 0.3) is 11.3 Å². The average molecular weight is 242 g/mol. The number of hydrogen-bond acceptors (Lipinski definition) is 1. The first-order valence-electron chi connectivity index (χ1n) is 6.39. The first kappa shape index (κ1) is 12.9. The van der Waals surface area contributed by atoms with Crippen molar-refractivity contribution < 1.29 is 0 Å².